The minimum atomic E-state index is 0.0705. The zero-order chi connectivity index (χ0) is 9.68. The van der Waals surface area contributed by atoms with Gasteiger partial charge in [0.25, 0.3) is 0 Å². The molecule has 0 spiro atoms. The fourth-order valence-electron chi connectivity index (χ4n) is 1.33. The molecule has 1 rings (SSSR count). The van der Waals surface area contributed by atoms with Crippen molar-refractivity contribution in [2.75, 3.05) is 7.11 Å². The van der Waals surface area contributed by atoms with Crippen molar-refractivity contribution in [3.63, 3.8) is 0 Å². The molecule has 13 heavy (non-hydrogen) atoms. The van der Waals surface area contributed by atoms with Gasteiger partial charge in [0.2, 0.25) is 0 Å². The Labute approximate surface area is 84.7 Å². The first-order chi connectivity index (χ1) is 6.29. The Morgan fingerprint density at radius 1 is 1.38 bits per heavy atom. The zero-order valence-corrected chi connectivity index (χ0v) is 8.84. The molecule has 0 aliphatic carbocycles. The maximum absolute atomic E-state index is 6.21. The molecule has 0 amide bonds. The van der Waals surface area contributed by atoms with Crippen molar-refractivity contribution >= 4 is 11.6 Å². The van der Waals surface area contributed by atoms with Gasteiger partial charge >= 0.3 is 0 Å². The van der Waals surface area contributed by atoms with Crippen LogP contribution in [0.25, 0.3) is 0 Å². The van der Waals surface area contributed by atoms with Crippen molar-refractivity contribution in [1.82, 2.24) is 0 Å². The summed E-state index contributed by atoms with van der Waals surface area (Å²) in [4.78, 5) is 0. The standard InChI is InChI=1S/C11H15ClO/c1-3-6-10(12)9-7-4-5-8-11(9)13-2/h4-5,7-8,10H,3,6H2,1-2H3. The molecule has 0 fully saturated rings. The van der Waals surface area contributed by atoms with E-state index in [1.165, 1.54) is 0 Å². The van der Waals surface area contributed by atoms with Gasteiger partial charge < -0.3 is 4.74 Å². The molecule has 1 nitrogen and oxygen atoms in total. The van der Waals surface area contributed by atoms with Gasteiger partial charge in [-0.2, -0.15) is 0 Å². The predicted molar refractivity (Wildman–Crippen MR) is 56.5 cm³/mol. The predicted octanol–water partition coefficient (Wildman–Crippen LogP) is 3.78. The number of halogens is 1. The fourth-order valence-corrected chi connectivity index (χ4v) is 1.73. The summed E-state index contributed by atoms with van der Waals surface area (Å²) in [5.74, 6) is 0.885. The molecule has 2 heteroatoms. The molecule has 0 aliphatic heterocycles. The molecule has 1 aromatic carbocycles. The molecule has 1 atom stereocenters. The lowest BCUT2D eigenvalue weighted by Crippen LogP contribution is -1.94. The summed E-state index contributed by atoms with van der Waals surface area (Å²) in [7, 11) is 1.67. The van der Waals surface area contributed by atoms with Gasteiger partial charge in [0.1, 0.15) is 5.75 Å². The molecular weight excluding hydrogens is 184 g/mol. The van der Waals surface area contributed by atoms with Gasteiger partial charge in [-0.05, 0) is 12.5 Å². The number of alkyl halides is 1. The van der Waals surface area contributed by atoms with Crippen LogP contribution in [-0.2, 0) is 0 Å². The second-order valence-electron chi connectivity index (χ2n) is 3.00. The van der Waals surface area contributed by atoms with Crippen LogP contribution in [0.15, 0.2) is 24.3 Å². The summed E-state index contributed by atoms with van der Waals surface area (Å²) in [5.41, 5.74) is 1.09. The van der Waals surface area contributed by atoms with Gasteiger partial charge in [0.05, 0.1) is 12.5 Å². The van der Waals surface area contributed by atoms with E-state index in [1.807, 2.05) is 24.3 Å². The Kier molecular flexibility index (Phi) is 4.10. The van der Waals surface area contributed by atoms with Crippen molar-refractivity contribution in [1.29, 1.82) is 0 Å². The highest BCUT2D eigenvalue weighted by atomic mass is 35.5. The van der Waals surface area contributed by atoms with Crippen molar-refractivity contribution in [3.8, 4) is 5.75 Å². The molecule has 0 saturated carbocycles. The number of ether oxygens (including phenoxy) is 1. The number of benzene rings is 1. The van der Waals surface area contributed by atoms with Gasteiger partial charge in [-0.1, -0.05) is 31.5 Å². The maximum Gasteiger partial charge on any atom is 0.123 e. The van der Waals surface area contributed by atoms with Gasteiger partial charge in [-0.15, -0.1) is 11.6 Å². The van der Waals surface area contributed by atoms with Crippen LogP contribution in [0.1, 0.15) is 30.7 Å². The number of methoxy groups -OCH3 is 1. The highest BCUT2D eigenvalue weighted by molar-refractivity contribution is 6.21. The molecule has 1 aromatic rings. The second-order valence-corrected chi connectivity index (χ2v) is 3.52. The summed E-state index contributed by atoms with van der Waals surface area (Å²) >= 11 is 6.21. The van der Waals surface area contributed by atoms with Crippen LogP contribution in [0.5, 0.6) is 5.75 Å². The maximum atomic E-state index is 6.21. The molecule has 0 N–H and O–H groups in total. The molecular formula is C11H15ClO. The summed E-state index contributed by atoms with van der Waals surface area (Å²) < 4.78 is 5.23. The van der Waals surface area contributed by atoms with Gasteiger partial charge in [0.15, 0.2) is 0 Å². The van der Waals surface area contributed by atoms with Crippen LogP contribution < -0.4 is 4.74 Å². The van der Waals surface area contributed by atoms with E-state index in [4.69, 9.17) is 16.3 Å². The van der Waals surface area contributed by atoms with E-state index in [1.54, 1.807) is 7.11 Å². The molecule has 0 aliphatic rings. The van der Waals surface area contributed by atoms with E-state index < -0.39 is 0 Å². The van der Waals surface area contributed by atoms with E-state index in [-0.39, 0.29) is 5.38 Å². The van der Waals surface area contributed by atoms with Crippen LogP contribution in [0.3, 0.4) is 0 Å². The Balaban J connectivity index is 2.85. The lowest BCUT2D eigenvalue weighted by atomic mass is 10.1. The minimum absolute atomic E-state index is 0.0705. The number of rotatable bonds is 4. The van der Waals surface area contributed by atoms with Gasteiger partial charge in [-0.3, -0.25) is 0 Å². The quantitative estimate of drug-likeness (QED) is 0.670. The SMILES string of the molecule is CCCC(Cl)c1ccccc1OC. The van der Waals surface area contributed by atoms with Crippen LogP contribution in [0, 0.1) is 0 Å². The Morgan fingerprint density at radius 2 is 2.08 bits per heavy atom. The highest BCUT2D eigenvalue weighted by Gasteiger charge is 2.10. The van der Waals surface area contributed by atoms with Crippen molar-refractivity contribution in [2.24, 2.45) is 0 Å². The average Bonchev–Trinajstić information content (AvgIpc) is 2.18. The summed E-state index contributed by atoms with van der Waals surface area (Å²) in [6.45, 7) is 2.13. The van der Waals surface area contributed by atoms with E-state index >= 15 is 0 Å². The number of para-hydroxylation sites is 1. The summed E-state index contributed by atoms with van der Waals surface area (Å²) in [6, 6.07) is 7.91. The topological polar surface area (TPSA) is 9.23 Å². The average molecular weight is 199 g/mol. The Hall–Kier alpha value is -0.690. The molecule has 1 unspecified atom stereocenters. The normalized spacial score (nSPS) is 12.5. The smallest absolute Gasteiger partial charge is 0.123 e. The van der Waals surface area contributed by atoms with Crippen LogP contribution in [0.2, 0.25) is 0 Å². The van der Waals surface area contributed by atoms with Crippen LogP contribution in [-0.4, -0.2) is 7.11 Å². The first kappa shape index (κ1) is 10.4. The zero-order valence-electron chi connectivity index (χ0n) is 8.09. The van der Waals surface area contributed by atoms with E-state index in [2.05, 4.69) is 6.92 Å². The second kappa shape index (κ2) is 5.13. The van der Waals surface area contributed by atoms with Crippen LogP contribution in [0.4, 0.5) is 0 Å². The monoisotopic (exact) mass is 198 g/mol. The first-order valence-corrected chi connectivity index (χ1v) is 5.00. The third-order valence-electron chi connectivity index (χ3n) is 2.02. The number of hydrogen-bond acceptors (Lipinski definition) is 1. The van der Waals surface area contributed by atoms with E-state index in [0.29, 0.717) is 0 Å². The first-order valence-electron chi connectivity index (χ1n) is 4.56. The minimum Gasteiger partial charge on any atom is -0.496 e. The molecule has 72 valence electrons. The third kappa shape index (κ3) is 2.63. The fraction of sp³-hybridized carbons (Fsp3) is 0.455. The van der Waals surface area contributed by atoms with Crippen LogP contribution >= 0.6 is 11.6 Å². The van der Waals surface area contributed by atoms with Crippen molar-refractivity contribution in [3.05, 3.63) is 29.8 Å². The van der Waals surface area contributed by atoms with E-state index in [9.17, 15) is 0 Å². The highest BCUT2D eigenvalue weighted by Crippen LogP contribution is 2.32. The van der Waals surface area contributed by atoms with Gasteiger partial charge in [0, 0.05) is 5.56 Å². The molecule has 0 heterocycles. The van der Waals surface area contributed by atoms with E-state index in [0.717, 1.165) is 24.2 Å². The molecule has 0 saturated heterocycles. The largest absolute Gasteiger partial charge is 0.496 e. The van der Waals surface area contributed by atoms with Gasteiger partial charge in [-0.25, -0.2) is 0 Å². The molecule has 0 bridgehead atoms. The lowest BCUT2D eigenvalue weighted by molar-refractivity contribution is 0.408. The molecule has 0 aromatic heterocycles. The van der Waals surface area contributed by atoms with Crippen molar-refractivity contribution in [2.45, 2.75) is 25.1 Å². The third-order valence-corrected chi connectivity index (χ3v) is 2.47. The lowest BCUT2D eigenvalue weighted by Gasteiger charge is -2.12. The Bertz CT molecular complexity index is 260. The Morgan fingerprint density at radius 3 is 2.69 bits per heavy atom. The summed E-state index contributed by atoms with van der Waals surface area (Å²) in [6.07, 6.45) is 2.08. The van der Waals surface area contributed by atoms with Crippen molar-refractivity contribution < 1.29 is 4.74 Å². The summed E-state index contributed by atoms with van der Waals surface area (Å²) in [5, 5.41) is 0.0705. The number of hydrogen-bond donors (Lipinski definition) is 0. The molecule has 0 radical (unpaired) electrons.